The van der Waals surface area contributed by atoms with Gasteiger partial charge in [0, 0.05) is 13.1 Å². The van der Waals surface area contributed by atoms with E-state index in [0.29, 0.717) is 6.54 Å². The smallest absolute Gasteiger partial charge is 0.240 e. The Morgan fingerprint density at radius 3 is 3.00 bits per heavy atom. The highest BCUT2D eigenvalue weighted by Gasteiger charge is 2.29. The summed E-state index contributed by atoms with van der Waals surface area (Å²) < 4.78 is 13.0. The number of rotatable bonds is 3. The second-order valence-corrected chi connectivity index (χ2v) is 4.02. The summed E-state index contributed by atoms with van der Waals surface area (Å²) in [6.07, 6.45) is 0.824. The number of nitrogens with one attached hydrogen (secondary N) is 1. The van der Waals surface area contributed by atoms with Gasteiger partial charge in [-0.05, 0) is 31.2 Å². The molecule has 1 fully saturated rings. The van der Waals surface area contributed by atoms with E-state index in [9.17, 15) is 9.18 Å². The van der Waals surface area contributed by atoms with Crippen LogP contribution in [0, 0.1) is 5.82 Å². The van der Waals surface area contributed by atoms with Gasteiger partial charge in [0.15, 0.2) is 0 Å². The third-order valence-corrected chi connectivity index (χ3v) is 2.91. The summed E-state index contributed by atoms with van der Waals surface area (Å²) in [5.41, 5.74) is 0.838. The Bertz CT molecular complexity index is 394. The number of hydrogen-bond acceptors (Lipinski definition) is 2. The molecule has 1 aliphatic heterocycles. The minimum absolute atomic E-state index is 0.0754. The van der Waals surface area contributed by atoms with Gasteiger partial charge in [0.05, 0.1) is 6.04 Å². The maximum Gasteiger partial charge on any atom is 0.240 e. The summed E-state index contributed by atoms with van der Waals surface area (Å²) in [5, 5.41) is 2.98. The van der Waals surface area contributed by atoms with Crippen LogP contribution in [-0.4, -0.2) is 30.4 Å². The van der Waals surface area contributed by atoms with Crippen molar-refractivity contribution in [3.05, 3.63) is 35.6 Å². The van der Waals surface area contributed by atoms with Gasteiger partial charge in [-0.15, -0.1) is 0 Å². The molecule has 0 aromatic heterocycles. The van der Waals surface area contributed by atoms with E-state index >= 15 is 0 Å². The lowest BCUT2D eigenvalue weighted by Gasteiger charge is -2.16. The number of carbonyl (C=O) groups is 1. The number of amides is 1. The molecule has 1 aromatic carbocycles. The number of halogens is 1. The largest absolute Gasteiger partial charge is 0.337 e. The van der Waals surface area contributed by atoms with E-state index in [1.54, 1.807) is 18.0 Å². The van der Waals surface area contributed by atoms with E-state index < -0.39 is 0 Å². The van der Waals surface area contributed by atoms with Crippen molar-refractivity contribution >= 4 is 5.91 Å². The maximum atomic E-state index is 13.0. The molecule has 16 heavy (non-hydrogen) atoms. The van der Waals surface area contributed by atoms with Crippen molar-refractivity contribution in [2.75, 3.05) is 13.6 Å². The van der Waals surface area contributed by atoms with Gasteiger partial charge in [-0.1, -0.05) is 12.1 Å². The molecule has 86 valence electrons. The number of carbonyl (C=O) groups excluding carboxylic acids is 1. The Kier molecular flexibility index (Phi) is 3.19. The molecule has 0 bridgehead atoms. The maximum absolute atomic E-state index is 13.0. The molecule has 2 rings (SSSR count). The summed E-state index contributed by atoms with van der Waals surface area (Å²) in [7, 11) is 1.79. The van der Waals surface area contributed by atoms with Gasteiger partial charge in [0.25, 0.3) is 0 Å². The molecular weight excluding hydrogens is 207 g/mol. The van der Waals surface area contributed by atoms with Crippen molar-refractivity contribution in [2.45, 2.75) is 19.0 Å². The zero-order valence-corrected chi connectivity index (χ0v) is 9.24. The van der Waals surface area contributed by atoms with Gasteiger partial charge in [0.1, 0.15) is 5.82 Å². The van der Waals surface area contributed by atoms with Crippen LogP contribution in [0.3, 0.4) is 0 Å². The van der Waals surface area contributed by atoms with Crippen LogP contribution >= 0.6 is 0 Å². The molecular formula is C12H15FN2O. The minimum atomic E-state index is -0.255. The molecule has 1 amide bonds. The average Bonchev–Trinajstić information content (AvgIpc) is 2.60. The molecule has 1 aromatic rings. The first-order valence-electron chi connectivity index (χ1n) is 5.41. The molecule has 1 saturated heterocycles. The summed E-state index contributed by atoms with van der Waals surface area (Å²) in [6.45, 7) is 1.23. The second kappa shape index (κ2) is 4.61. The lowest BCUT2D eigenvalue weighted by molar-refractivity contribution is -0.129. The summed E-state index contributed by atoms with van der Waals surface area (Å²) >= 11 is 0. The van der Waals surface area contributed by atoms with Crippen molar-refractivity contribution < 1.29 is 9.18 Å². The molecule has 4 heteroatoms. The van der Waals surface area contributed by atoms with Crippen molar-refractivity contribution in [3.63, 3.8) is 0 Å². The van der Waals surface area contributed by atoms with Crippen molar-refractivity contribution in [1.82, 2.24) is 10.2 Å². The van der Waals surface area contributed by atoms with Crippen LogP contribution in [0.2, 0.25) is 0 Å². The Labute approximate surface area is 94.3 Å². The first-order chi connectivity index (χ1) is 7.70. The van der Waals surface area contributed by atoms with E-state index in [1.807, 2.05) is 6.07 Å². The minimum Gasteiger partial charge on any atom is -0.337 e. The van der Waals surface area contributed by atoms with E-state index in [4.69, 9.17) is 0 Å². The third kappa shape index (κ3) is 2.22. The Hall–Kier alpha value is -1.42. The molecule has 1 atom stereocenters. The predicted octanol–water partition coefficient (Wildman–Crippen LogP) is 1.15. The number of hydrogen-bond donors (Lipinski definition) is 1. The fourth-order valence-corrected chi connectivity index (χ4v) is 2.02. The molecule has 1 aliphatic rings. The third-order valence-electron chi connectivity index (χ3n) is 2.91. The fourth-order valence-electron chi connectivity index (χ4n) is 2.02. The fraction of sp³-hybridized carbons (Fsp3) is 0.417. The summed E-state index contributed by atoms with van der Waals surface area (Å²) in [4.78, 5) is 13.6. The van der Waals surface area contributed by atoms with Crippen molar-refractivity contribution in [2.24, 2.45) is 0 Å². The first kappa shape index (κ1) is 11.1. The molecule has 0 radical (unpaired) electrons. The first-order valence-corrected chi connectivity index (χ1v) is 5.41. The van der Waals surface area contributed by atoms with Crippen LogP contribution in [0.1, 0.15) is 12.0 Å². The quantitative estimate of drug-likeness (QED) is 0.832. The molecule has 1 N–H and O–H groups in total. The van der Waals surface area contributed by atoms with Crippen LogP contribution in [0.4, 0.5) is 4.39 Å². The van der Waals surface area contributed by atoms with Crippen molar-refractivity contribution in [1.29, 1.82) is 0 Å². The predicted molar refractivity (Wildman–Crippen MR) is 59.3 cm³/mol. The van der Waals surface area contributed by atoms with E-state index in [-0.39, 0.29) is 17.8 Å². The van der Waals surface area contributed by atoms with Gasteiger partial charge >= 0.3 is 0 Å². The SMILES string of the molecule is CNC1CCN(Cc2cccc(F)c2)C1=O. The van der Waals surface area contributed by atoms with Crippen LogP contribution in [0.15, 0.2) is 24.3 Å². The Morgan fingerprint density at radius 2 is 2.38 bits per heavy atom. The number of likely N-dealkylation sites (N-methyl/N-ethyl adjacent to an activating group) is 1. The molecule has 0 aliphatic carbocycles. The average molecular weight is 222 g/mol. The summed E-state index contributed by atoms with van der Waals surface area (Å²) in [6, 6.07) is 6.31. The number of likely N-dealkylation sites (tertiary alicyclic amines) is 1. The highest BCUT2D eigenvalue weighted by molar-refractivity contribution is 5.83. The Balaban J connectivity index is 2.03. The zero-order chi connectivity index (χ0) is 11.5. The van der Waals surface area contributed by atoms with Crippen molar-refractivity contribution in [3.8, 4) is 0 Å². The van der Waals surface area contributed by atoms with Gasteiger partial charge in [-0.3, -0.25) is 4.79 Å². The van der Waals surface area contributed by atoms with Crippen LogP contribution in [-0.2, 0) is 11.3 Å². The number of benzene rings is 1. The molecule has 1 heterocycles. The zero-order valence-electron chi connectivity index (χ0n) is 9.24. The standard InChI is InChI=1S/C12H15FN2O/c1-14-11-5-6-15(12(11)16)8-9-3-2-4-10(13)7-9/h2-4,7,11,14H,5-6,8H2,1H3. The second-order valence-electron chi connectivity index (χ2n) is 4.02. The normalized spacial score (nSPS) is 20.5. The van der Waals surface area contributed by atoms with Crippen LogP contribution in [0.5, 0.6) is 0 Å². The van der Waals surface area contributed by atoms with Gasteiger partial charge in [0.2, 0.25) is 5.91 Å². The molecule has 0 saturated carbocycles. The van der Waals surface area contributed by atoms with E-state index in [2.05, 4.69) is 5.32 Å². The van der Waals surface area contributed by atoms with Gasteiger partial charge in [-0.2, -0.15) is 0 Å². The lowest BCUT2D eigenvalue weighted by Crippen LogP contribution is -2.35. The highest BCUT2D eigenvalue weighted by Crippen LogP contribution is 2.15. The number of nitrogens with zero attached hydrogens (tertiary/aromatic N) is 1. The molecule has 1 unspecified atom stereocenters. The van der Waals surface area contributed by atoms with E-state index in [0.717, 1.165) is 18.5 Å². The van der Waals surface area contributed by atoms with E-state index in [1.165, 1.54) is 12.1 Å². The topological polar surface area (TPSA) is 32.3 Å². The van der Waals surface area contributed by atoms with Crippen LogP contribution in [0.25, 0.3) is 0 Å². The van der Waals surface area contributed by atoms with Gasteiger partial charge in [-0.25, -0.2) is 4.39 Å². The highest BCUT2D eigenvalue weighted by atomic mass is 19.1. The van der Waals surface area contributed by atoms with Crippen LogP contribution < -0.4 is 5.32 Å². The molecule has 0 spiro atoms. The van der Waals surface area contributed by atoms with Gasteiger partial charge < -0.3 is 10.2 Å². The monoisotopic (exact) mass is 222 g/mol. The molecule has 3 nitrogen and oxygen atoms in total. The summed E-state index contributed by atoms with van der Waals surface area (Å²) in [5.74, 6) is -0.152. The lowest BCUT2D eigenvalue weighted by atomic mass is 10.2. The Morgan fingerprint density at radius 1 is 1.56 bits per heavy atom.